The van der Waals surface area contributed by atoms with E-state index >= 15 is 0 Å². The van der Waals surface area contributed by atoms with E-state index in [4.69, 9.17) is 4.98 Å². The van der Waals surface area contributed by atoms with Gasteiger partial charge in [-0.2, -0.15) is 0 Å². The maximum Gasteiger partial charge on any atom is 0.256 e. The second kappa shape index (κ2) is 8.80. The number of hydrogen-bond acceptors (Lipinski definition) is 6. The number of para-hydroxylation sites is 1. The molecule has 1 aliphatic heterocycles. The summed E-state index contributed by atoms with van der Waals surface area (Å²) in [5, 5.41) is 0.849. The van der Waals surface area contributed by atoms with E-state index < -0.39 is 10.0 Å². The van der Waals surface area contributed by atoms with Crippen LogP contribution >= 0.6 is 11.3 Å². The Hall–Kier alpha value is -2.49. The number of anilines is 1. The second-order valence-corrected chi connectivity index (χ2v) is 11.5. The van der Waals surface area contributed by atoms with Crippen LogP contribution in [0.1, 0.15) is 41.2 Å². The van der Waals surface area contributed by atoms with Gasteiger partial charge in [-0.15, -0.1) is 11.3 Å². The number of aromatic nitrogens is 1. The summed E-state index contributed by atoms with van der Waals surface area (Å²) in [6, 6.07) is 12.5. The number of rotatable bonds is 6. The molecule has 0 radical (unpaired) electrons. The number of benzene rings is 2. The molecule has 32 heavy (non-hydrogen) atoms. The number of amides is 1. The van der Waals surface area contributed by atoms with Crippen LogP contribution in [-0.4, -0.2) is 62.7 Å². The molecule has 7 nitrogen and oxygen atoms in total. The van der Waals surface area contributed by atoms with E-state index in [2.05, 4.69) is 4.90 Å². The van der Waals surface area contributed by atoms with Crippen molar-refractivity contribution in [3.05, 3.63) is 53.0 Å². The SMILES string of the molecule is C[C@H](c1nc2ccccc2s1)N(C)C(=O)c1cc(S(=O)(=O)N(C)C)ccc1N1CCCC1. The zero-order valence-electron chi connectivity index (χ0n) is 18.8. The Balaban J connectivity index is 1.72. The van der Waals surface area contributed by atoms with Crippen molar-refractivity contribution in [1.82, 2.24) is 14.2 Å². The third-order valence-electron chi connectivity index (χ3n) is 5.99. The number of hydrogen-bond donors (Lipinski definition) is 0. The van der Waals surface area contributed by atoms with E-state index in [-0.39, 0.29) is 16.8 Å². The molecule has 2 heterocycles. The minimum atomic E-state index is -3.65. The summed E-state index contributed by atoms with van der Waals surface area (Å²) in [6.45, 7) is 3.67. The fourth-order valence-electron chi connectivity index (χ4n) is 3.89. The highest BCUT2D eigenvalue weighted by atomic mass is 32.2. The Morgan fingerprint density at radius 1 is 1.09 bits per heavy atom. The molecule has 170 valence electrons. The minimum absolute atomic E-state index is 0.120. The zero-order chi connectivity index (χ0) is 23.0. The normalized spacial score (nSPS) is 15.5. The minimum Gasteiger partial charge on any atom is -0.371 e. The molecule has 3 aromatic rings. The van der Waals surface area contributed by atoms with Gasteiger partial charge in [-0.3, -0.25) is 4.79 Å². The number of sulfonamides is 1. The molecule has 0 bridgehead atoms. The lowest BCUT2D eigenvalue weighted by Crippen LogP contribution is -2.32. The fourth-order valence-corrected chi connectivity index (χ4v) is 5.88. The van der Waals surface area contributed by atoms with Crippen LogP contribution in [0, 0.1) is 0 Å². The van der Waals surface area contributed by atoms with Gasteiger partial charge in [-0.1, -0.05) is 12.1 Å². The van der Waals surface area contributed by atoms with Crippen LogP contribution in [-0.2, 0) is 10.0 Å². The first-order chi connectivity index (χ1) is 15.2. The topological polar surface area (TPSA) is 73.8 Å². The quantitative estimate of drug-likeness (QED) is 0.543. The largest absolute Gasteiger partial charge is 0.371 e. The van der Waals surface area contributed by atoms with Crippen molar-refractivity contribution in [2.75, 3.05) is 39.1 Å². The highest BCUT2D eigenvalue weighted by molar-refractivity contribution is 7.89. The molecule has 0 unspecified atom stereocenters. The van der Waals surface area contributed by atoms with Crippen molar-refractivity contribution in [3.63, 3.8) is 0 Å². The summed E-state index contributed by atoms with van der Waals surface area (Å²) >= 11 is 1.57. The summed E-state index contributed by atoms with van der Waals surface area (Å²) < 4.78 is 27.7. The third kappa shape index (κ3) is 4.12. The Kier molecular flexibility index (Phi) is 6.24. The second-order valence-electron chi connectivity index (χ2n) is 8.27. The lowest BCUT2D eigenvalue weighted by atomic mass is 10.1. The van der Waals surface area contributed by atoms with Gasteiger partial charge < -0.3 is 9.80 Å². The molecule has 1 amide bonds. The van der Waals surface area contributed by atoms with Crippen LogP contribution in [0.2, 0.25) is 0 Å². The first kappa shape index (κ1) is 22.7. The van der Waals surface area contributed by atoms with Crippen LogP contribution in [0.5, 0.6) is 0 Å². The lowest BCUT2D eigenvalue weighted by molar-refractivity contribution is 0.0743. The predicted octanol–water partition coefficient (Wildman–Crippen LogP) is 3.98. The number of thiazole rings is 1. The molecular formula is C23H28N4O3S2. The van der Waals surface area contributed by atoms with Crippen LogP contribution in [0.4, 0.5) is 5.69 Å². The first-order valence-electron chi connectivity index (χ1n) is 10.6. The lowest BCUT2D eigenvalue weighted by Gasteiger charge is -2.27. The van der Waals surface area contributed by atoms with Crippen molar-refractivity contribution >= 4 is 43.2 Å². The predicted molar refractivity (Wildman–Crippen MR) is 129 cm³/mol. The number of carbonyl (C=O) groups excluding carboxylic acids is 1. The van der Waals surface area contributed by atoms with Gasteiger partial charge in [0.2, 0.25) is 10.0 Å². The molecule has 1 saturated heterocycles. The van der Waals surface area contributed by atoms with Crippen molar-refractivity contribution in [2.24, 2.45) is 0 Å². The number of carbonyl (C=O) groups is 1. The molecular weight excluding hydrogens is 444 g/mol. The van der Waals surface area contributed by atoms with E-state index in [0.29, 0.717) is 5.56 Å². The van der Waals surface area contributed by atoms with E-state index in [1.54, 1.807) is 35.4 Å². The molecule has 1 aliphatic rings. The van der Waals surface area contributed by atoms with Crippen molar-refractivity contribution in [2.45, 2.75) is 30.7 Å². The summed E-state index contributed by atoms with van der Waals surface area (Å²) in [5.41, 5.74) is 2.11. The van der Waals surface area contributed by atoms with Gasteiger partial charge in [-0.05, 0) is 50.1 Å². The van der Waals surface area contributed by atoms with Gasteiger partial charge in [0.1, 0.15) is 5.01 Å². The van der Waals surface area contributed by atoms with Crippen molar-refractivity contribution < 1.29 is 13.2 Å². The summed E-state index contributed by atoms with van der Waals surface area (Å²) in [7, 11) is 1.08. The molecule has 1 fully saturated rings. The monoisotopic (exact) mass is 472 g/mol. The maximum atomic E-state index is 13.7. The van der Waals surface area contributed by atoms with Crippen molar-refractivity contribution in [1.29, 1.82) is 0 Å². The first-order valence-corrected chi connectivity index (χ1v) is 12.9. The maximum absolute atomic E-state index is 13.7. The number of fused-ring (bicyclic) bond motifs is 1. The molecule has 2 aromatic carbocycles. The van der Waals surface area contributed by atoms with E-state index in [1.807, 2.05) is 31.2 Å². The van der Waals surface area contributed by atoms with E-state index in [0.717, 1.165) is 46.8 Å². The van der Waals surface area contributed by atoms with Crippen LogP contribution in [0.3, 0.4) is 0 Å². The standard InChI is InChI=1S/C23H28N4O3S2/c1-16(22-24-19-9-5-6-10-21(19)31-22)26(4)23(28)18-15-17(32(29,30)25(2)3)11-12-20(18)27-13-7-8-14-27/h5-6,9-12,15-16H,7-8,13-14H2,1-4H3/t16-/m1/s1. The average Bonchev–Trinajstić information content (AvgIpc) is 3.47. The molecule has 0 aliphatic carbocycles. The Morgan fingerprint density at radius 3 is 2.44 bits per heavy atom. The third-order valence-corrected chi connectivity index (χ3v) is 9.01. The van der Waals surface area contributed by atoms with Crippen LogP contribution < -0.4 is 4.90 Å². The zero-order valence-corrected chi connectivity index (χ0v) is 20.4. The van der Waals surface area contributed by atoms with Gasteiger partial charge in [0.05, 0.1) is 26.7 Å². The van der Waals surface area contributed by atoms with E-state index in [9.17, 15) is 13.2 Å². The molecule has 0 N–H and O–H groups in total. The van der Waals surface area contributed by atoms with Gasteiger partial charge in [0.25, 0.3) is 5.91 Å². The summed E-state index contributed by atoms with van der Waals surface area (Å²) in [4.78, 5) is 22.3. The van der Waals surface area contributed by atoms with Gasteiger partial charge >= 0.3 is 0 Å². The summed E-state index contributed by atoms with van der Waals surface area (Å²) in [6.07, 6.45) is 2.12. The molecule has 9 heteroatoms. The Bertz CT molecular complexity index is 1210. The molecule has 0 saturated carbocycles. The van der Waals surface area contributed by atoms with Gasteiger partial charge in [-0.25, -0.2) is 17.7 Å². The molecule has 1 atom stereocenters. The van der Waals surface area contributed by atoms with E-state index in [1.165, 1.54) is 24.5 Å². The summed E-state index contributed by atoms with van der Waals surface area (Å²) in [5.74, 6) is -0.213. The number of nitrogens with zero attached hydrogens (tertiary/aromatic N) is 4. The fraction of sp³-hybridized carbons (Fsp3) is 0.391. The van der Waals surface area contributed by atoms with Crippen molar-refractivity contribution in [3.8, 4) is 0 Å². The smallest absolute Gasteiger partial charge is 0.256 e. The van der Waals surface area contributed by atoms with Crippen LogP contribution in [0.15, 0.2) is 47.4 Å². The van der Waals surface area contributed by atoms with Gasteiger partial charge in [0, 0.05) is 39.9 Å². The highest BCUT2D eigenvalue weighted by Crippen LogP contribution is 2.33. The molecule has 4 rings (SSSR count). The molecule has 1 aromatic heterocycles. The highest BCUT2D eigenvalue weighted by Gasteiger charge is 2.28. The Morgan fingerprint density at radius 2 is 1.78 bits per heavy atom. The Labute approximate surface area is 193 Å². The average molecular weight is 473 g/mol. The van der Waals surface area contributed by atoms with Gasteiger partial charge in [0.15, 0.2) is 0 Å². The van der Waals surface area contributed by atoms with Crippen LogP contribution in [0.25, 0.3) is 10.2 Å². The molecule has 0 spiro atoms.